The third-order valence-corrected chi connectivity index (χ3v) is 5.95. The molecule has 0 spiro atoms. The van der Waals surface area contributed by atoms with Crippen LogP contribution < -0.4 is 5.32 Å². The van der Waals surface area contributed by atoms with Crippen molar-refractivity contribution in [2.75, 3.05) is 7.05 Å². The van der Waals surface area contributed by atoms with Gasteiger partial charge in [0.1, 0.15) is 5.76 Å². The molecule has 6 nitrogen and oxygen atoms in total. The van der Waals surface area contributed by atoms with E-state index in [4.69, 9.17) is 4.42 Å². The van der Waals surface area contributed by atoms with E-state index in [1.807, 2.05) is 48.5 Å². The van der Waals surface area contributed by atoms with Crippen molar-refractivity contribution in [2.45, 2.75) is 26.9 Å². The maximum atomic E-state index is 13.3. The summed E-state index contributed by atoms with van der Waals surface area (Å²) in [6.45, 7) is 4.85. The van der Waals surface area contributed by atoms with Crippen LogP contribution in [0.25, 0.3) is 11.8 Å². The molecule has 0 saturated heterocycles. The molecule has 0 atom stereocenters. The zero-order chi connectivity index (χ0) is 24.8. The van der Waals surface area contributed by atoms with Gasteiger partial charge in [0, 0.05) is 42.3 Å². The number of carbonyl (C=O) groups is 2. The van der Waals surface area contributed by atoms with E-state index in [9.17, 15) is 9.59 Å². The maximum Gasteiger partial charge on any atom is 0.251 e. The van der Waals surface area contributed by atoms with Crippen molar-refractivity contribution in [1.82, 2.24) is 14.8 Å². The number of amides is 2. The molecule has 0 fully saturated rings. The minimum atomic E-state index is -0.142. The van der Waals surface area contributed by atoms with Crippen LogP contribution in [-0.2, 0) is 17.9 Å². The highest BCUT2D eigenvalue weighted by Crippen LogP contribution is 2.22. The molecule has 178 valence electrons. The Morgan fingerprint density at radius 3 is 2.37 bits per heavy atom. The third kappa shape index (κ3) is 5.61. The second-order valence-electron chi connectivity index (χ2n) is 8.38. The maximum absolute atomic E-state index is 13.3. The van der Waals surface area contributed by atoms with Gasteiger partial charge in [-0.05, 0) is 73.5 Å². The molecule has 4 aromatic rings. The van der Waals surface area contributed by atoms with E-state index >= 15 is 0 Å². The largest absolute Gasteiger partial charge is 0.467 e. The second-order valence-corrected chi connectivity index (χ2v) is 8.38. The molecule has 0 aliphatic carbocycles. The first kappa shape index (κ1) is 23.8. The topological polar surface area (TPSA) is 67.5 Å². The summed E-state index contributed by atoms with van der Waals surface area (Å²) in [6.07, 6.45) is 5.08. The van der Waals surface area contributed by atoms with Gasteiger partial charge in [-0.2, -0.15) is 0 Å². The predicted molar refractivity (Wildman–Crippen MR) is 137 cm³/mol. The molecule has 2 amide bonds. The Balaban J connectivity index is 1.55. The average Bonchev–Trinajstić information content (AvgIpc) is 3.49. The van der Waals surface area contributed by atoms with Gasteiger partial charge in [0.05, 0.1) is 12.8 Å². The summed E-state index contributed by atoms with van der Waals surface area (Å²) in [5, 5.41) is 2.62. The minimum absolute atomic E-state index is 0.124. The monoisotopic (exact) mass is 467 g/mol. The lowest BCUT2D eigenvalue weighted by Gasteiger charge is -2.20. The van der Waals surface area contributed by atoms with Gasteiger partial charge >= 0.3 is 0 Å². The van der Waals surface area contributed by atoms with Gasteiger partial charge in [-0.1, -0.05) is 30.3 Å². The van der Waals surface area contributed by atoms with Crippen LogP contribution in [0, 0.1) is 13.8 Å². The zero-order valence-corrected chi connectivity index (χ0v) is 20.2. The molecule has 2 aromatic carbocycles. The van der Waals surface area contributed by atoms with Crippen molar-refractivity contribution in [3.8, 4) is 5.69 Å². The molecule has 35 heavy (non-hydrogen) atoms. The number of nitrogens with zero attached hydrogens (tertiary/aromatic N) is 2. The van der Waals surface area contributed by atoms with Gasteiger partial charge in [0.2, 0.25) is 5.91 Å². The summed E-state index contributed by atoms with van der Waals surface area (Å²) >= 11 is 0. The van der Waals surface area contributed by atoms with Gasteiger partial charge in [-0.3, -0.25) is 9.59 Å². The lowest BCUT2D eigenvalue weighted by molar-refractivity contribution is -0.127. The Morgan fingerprint density at radius 1 is 0.971 bits per heavy atom. The third-order valence-electron chi connectivity index (χ3n) is 5.95. The van der Waals surface area contributed by atoms with Crippen molar-refractivity contribution < 1.29 is 14.0 Å². The van der Waals surface area contributed by atoms with Crippen molar-refractivity contribution in [3.63, 3.8) is 0 Å². The van der Waals surface area contributed by atoms with Crippen LogP contribution in [0.4, 0.5) is 0 Å². The van der Waals surface area contributed by atoms with Gasteiger partial charge in [-0.25, -0.2) is 0 Å². The fourth-order valence-corrected chi connectivity index (χ4v) is 4.13. The van der Waals surface area contributed by atoms with Crippen LogP contribution in [-0.4, -0.2) is 28.3 Å². The molecule has 4 rings (SSSR count). The highest BCUT2D eigenvalue weighted by molar-refractivity contribution is 5.94. The number of carbonyl (C=O) groups excluding carboxylic acids is 2. The number of furan rings is 1. The van der Waals surface area contributed by atoms with Gasteiger partial charge < -0.3 is 19.2 Å². The normalized spacial score (nSPS) is 11.1. The molecule has 2 aromatic heterocycles. The molecule has 1 N–H and O–H groups in total. The molecule has 0 radical (unpaired) electrons. The standard InChI is InChI=1S/C29H29N3O3/c1-21-18-25(22(2)32(21)26-8-5-4-6-9-26)15-16-28(33)31(20-27-10-7-17-35-27)19-23-11-13-24(14-12-23)29(34)30-3/h4-18H,19-20H2,1-3H3,(H,30,34). The Labute approximate surface area is 205 Å². The van der Waals surface area contributed by atoms with Crippen LogP contribution in [0.1, 0.15) is 38.6 Å². The van der Waals surface area contributed by atoms with E-state index in [2.05, 4.69) is 41.9 Å². The molecular formula is C29H29N3O3. The molecular weight excluding hydrogens is 438 g/mol. The first-order chi connectivity index (χ1) is 17.0. The van der Waals surface area contributed by atoms with E-state index in [1.54, 1.807) is 36.4 Å². The Bertz CT molecular complexity index is 1320. The number of benzene rings is 2. The summed E-state index contributed by atoms with van der Waals surface area (Å²) < 4.78 is 7.67. The Morgan fingerprint density at radius 2 is 1.71 bits per heavy atom. The van der Waals surface area contributed by atoms with E-state index in [0.29, 0.717) is 24.4 Å². The van der Waals surface area contributed by atoms with Crippen LogP contribution in [0.5, 0.6) is 0 Å². The predicted octanol–water partition coefficient (Wildman–Crippen LogP) is 5.29. The lowest BCUT2D eigenvalue weighted by atomic mass is 10.1. The fraction of sp³-hybridized carbons (Fsp3) is 0.172. The van der Waals surface area contributed by atoms with E-state index in [-0.39, 0.29) is 11.8 Å². The number of aromatic nitrogens is 1. The van der Waals surface area contributed by atoms with E-state index < -0.39 is 0 Å². The van der Waals surface area contributed by atoms with Gasteiger partial charge in [-0.15, -0.1) is 0 Å². The summed E-state index contributed by atoms with van der Waals surface area (Å²) in [4.78, 5) is 26.8. The molecule has 0 bridgehead atoms. The van der Waals surface area contributed by atoms with Crippen LogP contribution >= 0.6 is 0 Å². The summed E-state index contributed by atoms with van der Waals surface area (Å²) in [7, 11) is 1.60. The summed E-state index contributed by atoms with van der Waals surface area (Å²) in [5.74, 6) is 0.438. The first-order valence-corrected chi connectivity index (χ1v) is 11.5. The molecule has 0 aliphatic heterocycles. The fourth-order valence-electron chi connectivity index (χ4n) is 4.13. The number of para-hydroxylation sites is 1. The highest BCUT2D eigenvalue weighted by atomic mass is 16.3. The number of aryl methyl sites for hydroxylation is 1. The molecule has 2 heterocycles. The quantitative estimate of drug-likeness (QED) is 0.358. The number of rotatable bonds is 8. The van der Waals surface area contributed by atoms with Gasteiger partial charge in [0.15, 0.2) is 0 Å². The SMILES string of the molecule is CNC(=O)c1ccc(CN(Cc2ccco2)C(=O)C=Cc2cc(C)n(-c3ccccc3)c2C)cc1. The van der Waals surface area contributed by atoms with Crippen LogP contribution in [0.2, 0.25) is 0 Å². The number of hydrogen-bond acceptors (Lipinski definition) is 3. The number of hydrogen-bond donors (Lipinski definition) is 1. The summed E-state index contributed by atoms with van der Waals surface area (Å²) in [6, 6.07) is 23.2. The molecule has 0 unspecified atom stereocenters. The smallest absolute Gasteiger partial charge is 0.251 e. The van der Waals surface area contributed by atoms with Crippen molar-refractivity contribution in [2.24, 2.45) is 0 Å². The Kier molecular flexibility index (Phi) is 7.31. The zero-order valence-electron chi connectivity index (χ0n) is 20.2. The van der Waals surface area contributed by atoms with Crippen LogP contribution in [0.15, 0.2) is 89.6 Å². The molecule has 6 heteroatoms. The summed E-state index contributed by atoms with van der Waals surface area (Å²) in [5.41, 5.74) is 5.76. The van der Waals surface area contributed by atoms with Crippen molar-refractivity contribution >= 4 is 17.9 Å². The molecule has 0 saturated carbocycles. The van der Waals surface area contributed by atoms with Crippen LogP contribution in [0.3, 0.4) is 0 Å². The number of nitrogens with one attached hydrogen (secondary N) is 1. The van der Waals surface area contributed by atoms with Crippen molar-refractivity contribution in [1.29, 1.82) is 0 Å². The Hall–Kier alpha value is -4.32. The van der Waals surface area contributed by atoms with E-state index in [0.717, 1.165) is 28.2 Å². The second kappa shape index (κ2) is 10.7. The molecule has 0 aliphatic rings. The van der Waals surface area contributed by atoms with Gasteiger partial charge in [0.25, 0.3) is 5.91 Å². The highest BCUT2D eigenvalue weighted by Gasteiger charge is 2.15. The van der Waals surface area contributed by atoms with E-state index in [1.165, 1.54) is 0 Å². The lowest BCUT2D eigenvalue weighted by Crippen LogP contribution is -2.28. The first-order valence-electron chi connectivity index (χ1n) is 11.5. The average molecular weight is 468 g/mol. The van der Waals surface area contributed by atoms with Crippen molar-refractivity contribution in [3.05, 3.63) is 119 Å². The minimum Gasteiger partial charge on any atom is -0.467 e.